The summed E-state index contributed by atoms with van der Waals surface area (Å²) in [5.74, 6) is 0.645. The molecule has 0 aliphatic heterocycles. The number of hydrogen-bond donors (Lipinski definition) is 1. The van der Waals surface area contributed by atoms with Crippen LogP contribution in [0.1, 0.15) is 28.7 Å². The zero-order valence-electron chi connectivity index (χ0n) is 16.2. The lowest BCUT2D eigenvalue weighted by atomic mass is 10.0. The van der Waals surface area contributed by atoms with Crippen LogP contribution in [-0.2, 0) is 22.6 Å². The second-order valence-electron chi connectivity index (χ2n) is 6.53. The van der Waals surface area contributed by atoms with E-state index in [4.69, 9.17) is 14.2 Å². The quantitative estimate of drug-likeness (QED) is 0.798. The maximum Gasteiger partial charge on any atom is 0.414 e. The van der Waals surface area contributed by atoms with Gasteiger partial charge >= 0.3 is 6.09 Å². The molecule has 0 bridgehead atoms. The topological polar surface area (TPSA) is 73.9 Å². The van der Waals surface area contributed by atoms with Crippen LogP contribution in [0.2, 0.25) is 0 Å². The molecule has 0 saturated carbocycles. The number of nitrogens with one attached hydrogen (secondary N) is 1. The van der Waals surface area contributed by atoms with E-state index in [9.17, 15) is 9.59 Å². The number of rotatable bonds is 5. The smallest absolute Gasteiger partial charge is 0.414 e. The maximum absolute atomic E-state index is 12.2. The lowest BCUT2D eigenvalue weighted by Crippen LogP contribution is -2.29. The Hall–Kier alpha value is -3.28. The Morgan fingerprint density at radius 3 is 2.61 bits per heavy atom. The van der Waals surface area contributed by atoms with Crippen LogP contribution in [0.3, 0.4) is 0 Å². The van der Waals surface area contributed by atoms with E-state index in [1.165, 1.54) is 24.3 Å². The molecule has 0 aromatic heterocycles. The summed E-state index contributed by atoms with van der Waals surface area (Å²) in [7, 11) is 3.08. The Balaban J connectivity index is 1.57. The van der Waals surface area contributed by atoms with Crippen molar-refractivity contribution >= 4 is 17.6 Å². The molecule has 2 amide bonds. The number of carbonyl (C=O) groups is 2. The second-order valence-corrected chi connectivity index (χ2v) is 6.53. The lowest BCUT2D eigenvalue weighted by Gasteiger charge is -2.10. The van der Waals surface area contributed by atoms with Gasteiger partial charge in [0.05, 0.1) is 14.2 Å². The third-order valence-corrected chi connectivity index (χ3v) is 4.75. The van der Waals surface area contributed by atoms with Gasteiger partial charge in [-0.3, -0.25) is 10.1 Å². The van der Waals surface area contributed by atoms with Crippen LogP contribution in [0.15, 0.2) is 42.5 Å². The fraction of sp³-hybridized carbons (Fsp3) is 0.273. The molecule has 6 heteroatoms. The number of ether oxygens (including phenoxy) is 3. The van der Waals surface area contributed by atoms with E-state index in [0.717, 1.165) is 29.5 Å². The van der Waals surface area contributed by atoms with Crippen LogP contribution in [0, 0.1) is 6.92 Å². The number of amides is 2. The van der Waals surface area contributed by atoms with E-state index in [1.807, 2.05) is 12.1 Å². The summed E-state index contributed by atoms with van der Waals surface area (Å²) in [6.45, 7) is 2.07. The molecule has 0 heterocycles. The Labute approximate surface area is 164 Å². The molecule has 0 radical (unpaired) electrons. The molecule has 2 aromatic carbocycles. The van der Waals surface area contributed by atoms with Crippen LogP contribution in [0.5, 0.6) is 11.5 Å². The van der Waals surface area contributed by atoms with Crippen molar-refractivity contribution in [2.45, 2.75) is 26.4 Å². The fourth-order valence-corrected chi connectivity index (χ4v) is 3.33. The SMILES string of the molecule is COc1ccc(COC(=O)NC(=O)/C=C2\CCc3c(C)cccc32)cc1OC. The molecule has 28 heavy (non-hydrogen) atoms. The van der Waals surface area contributed by atoms with Gasteiger partial charge in [-0.2, -0.15) is 0 Å². The van der Waals surface area contributed by atoms with Gasteiger partial charge in [-0.05, 0) is 59.7 Å². The van der Waals surface area contributed by atoms with Crippen LogP contribution in [0.25, 0.3) is 5.57 Å². The standard InChI is InChI=1S/C22H23NO5/c1-14-5-4-6-18-16(8-9-17(14)18)12-21(24)23-22(25)28-13-15-7-10-19(26-2)20(11-15)27-3/h4-7,10-12H,8-9,13H2,1-3H3,(H,23,24,25)/b16-12+. The molecule has 2 aromatic rings. The molecule has 0 saturated heterocycles. The van der Waals surface area contributed by atoms with Crippen molar-refractivity contribution in [3.05, 3.63) is 64.7 Å². The molecular formula is C22H23NO5. The fourth-order valence-electron chi connectivity index (χ4n) is 3.33. The van der Waals surface area contributed by atoms with Gasteiger partial charge in [0.2, 0.25) is 0 Å². The predicted octanol–water partition coefficient (Wildman–Crippen LogP) is 3.79. The van der Waals surface area contributed by atoms with Gasteiger partial charge in [-0.25, -0.2) is 4.79 Å². The predicted molar refractivity (Wildman–Crippen MR) is 105 cm³/mol. The Kier molecular flexibility index (Phi) is 5.99. The first-order chi connectivity index (χ1) is 13.5. The number of alkyl carbamates (subject to hydrolysis) is 1. The largest absolute Gasteiger partial charge is 0.493 e. The van der Waals surface area contributed by atoms with Crippen molar-refractivity contribution < 1.29 is 23.8 Å². The van der Waals surface area contributed by atoms with Crippen LogP contribution < -0.4 is 14.8 Å². The van der Waals surface area contributed by atoms with Crippen LogP contribution >= 0.6 is 0 Å². The second kappa shape index (κ2) is 8.61. The molecule has 3 rings (SSSR count). The van der Waals surface area contributed by atoms with Crippen molar-refractivity contribution in [2.24, 2.45) is 0 Å². The summed E-state index contributed by atoms with van der Waals surface area (Å²) in [6.07, 6.45) is 2.38. The average Bonchev–Trinajstić information content (AvgIpc) is 3.10. The van der Waals surface area contributed by atoms with Crippen molar-refractivity contribution in [3.8, 4) is 11.5 Å². The number of benzene rings is 2. The Morgan fingerprint density at radius 2 is 1.86 bits per heavy atom. The van der Waals surface area contributed by atoms with Gasteiger partial charge < -0.3 is 14.2 Å². The molecule has 1 aliphatic carbocycles. The van der Waals surface area contributed by atoms with Crippen molar-refractivity contribution in [1.82, 2.24) is 5.32 Å². The minimum absolute atomic E-state index is 0.0120. The number of imide groups is 1. The first-order valence-corrected chi connectivity index (χ1v) is 9.00. The van der Waals surface area contributed by atoms with E-state index in [0.29, 0.717) is 11.5 Å². The van der Waals surface area contributed by atoms with Crippen molar-refractivity contribution in [1.29, 1.82) is 0 Å². The van der Waals surface area contributed by atoms with Crippen LogP contribution in [-0.4, -0.2) is 26.2 Å². The molecule has 1 N–H and O–H groups in total. The van der Waals surface area contributed by atoms with Gasteiger partial charge in [0.25, 0.3) is 5.91 Å². The highest BCUT2D eigenvalue weighted by molar-refractivity contribution is 6.03. The number of carbonyl (C=O) groups excluding carboxylic acids is 2. The molecule has 1 aliphatic rings. The van der Waals surface area contributed by atoms with Gasteiger partial charge in [-0.1, -0.05) is 24.3 Å². The van der Waals surface area contributed by atoms with Gasteiger partial charge in [-0.15, -0.1) is 0 Å². The summed E-state index contributed by atoms with van der Waals surface area (Å²) >= 11 is 0. The maximum atomic E-state index is 12.2. The Morgan fingerprint density at radius 1 is 1.07 bits per heavy atom. The summed E-state index contributed by atoms with van der Waals surface area (Å²) < 4.78 is 15.5. The summed E-state index contributed by atoms with van der Waals surface area (Å²) in [6, 6.07) is 11.2. The van der Waals surface area contributed by atoms with E-state index in [2.05, 4.69) is 18.3 Å². The van der Waals surface area contributed by atoms with Crippen LogP contribution in [0.4, 0.5) is 4.79 Å². The van der Waals surface area contributed by atoms with E-state index in [1.54, 1.807) is 25.3 Å². The van der Waals surface area contributed by atoms with Gasteiger partial charge in [0.1, 0.15) is 6.61 Å². The number of methoxy groups -OCH3 is 2. The van der Waals surface area contributed by atoms with Crippen molar-refractivity contribution in [3.63, 3.8) is 0 Å². The molecule has 0 atom stereocenters. The first kappa shape index (κ1) is 19.5. The Bertz CT molecular complexity index is 933. The summed E-state index contributed by atoms with van der Waals surface area (Å²) in [5.41, 5.74) is 5.21. The zero-order chi connectivity index (χ0) is 20.1. The monoisotopic (exact) mass is 381 g/mol. The highest BCUT2D eigenvalue weighted by Crippen LogP contribution is 2.33. The highest BCUT2D eigenvalue weighted by atomic mass is 16.5. The average molecular weight is 381 g/mol. The number of hydrogen-bond acceptors (Lipinski definition) is 5. The summed E-state index contributed by atoms with van der Waals surface area (Å²) in [4.78, 5) is 24.1. The number of allylic oxidation sites excluding steroid dienone is 1. The minimum Gasteiger partial charge on any atom is -0.493 e. The normalized spacial score (nSPS) is 13.8. The minimum atomic E-state index is -0.793. The molecule has 0 spiro atoms. The molecule has 6 nitrogen and oxygen atoms in total. The van der Waals surface area contributed by atoms with E-state index >= 15 is 0 Å². The molecule has 0 fully saturated rings. The van der Waals surface area contributed by atoms with E-state index in [-0.39, 0.29) is 6.61 Å². The number of fused-ring (bicyclic) bond motifs is 1. The first-order valence-electron chi connectivity index (χ1n) is 9.00. The third kappa shape index (κ3) is 4.34. The van der Waals surface area contributed by atoms with Gasteiger partial charge in [0.15, 0.2) is 11.5 Å². The highest BCUT2D eigenvalue weighted by Gasteiger charge is 2.19. The number of aryl methyl sites for hydroxylation is 1. The molecule has 146 valence electrons. The van der Waals surface area contributed by atoms with Crippen molar-refractivity contribution in [2.75, 3.05) is 14.2 Å². The van der Waals surface area contributed by atoms with E-state index < -0.39 is 12.0 Å². The molecule has 0 unspecified atom stereocenters. The molecular weight excluding hydrogens is 358 g/mol. The lowest BCUT2D eigenvalue weighted by molar-refractivity contribution is -0.115. The summed E-state index contributed by atoms with van der Waals surface area (Å²) in [5, 5.41) is 2.24. The third-order valence-electron chi connectivity index (χ3n) is 4.75. The zero-order valence-corrected chi connectivity index (χ0v) is 16.2. The van der Waals surface area contributed by atoms with Gasteiger partial charge in [0, 0.05) is 6.08 Å².